The Balaban J connectivity index is 1.79. The van der Waals surface area contributed by atoms with E-state index < -0.39 is 0 Å². The SMILES string of the molecule is C[B]C(Cc1cnc(-c2ncccn2)nc1)c1ccc(F)c(N(C)C)c1. The molecule has 1 unspecified atom stereocenters. The van der Waals surface area contributed by atoms with Gasteiger partial charge in [-0.05, 0) is 36.0 Å². The fourth-order valence-electron chi connectivity index (χ4n) is 2.78. The highest BCUT2D eigenvalue weighted by Gasteiger charge is 2.15. The Morgan fingerprint density at radius 2 is 1.69 bits per heavy atom. The van der Waals surface area contributed by atoms with Crippen molar-refractivity contribution in [3.8, 4) is 11.6 Å². The fraction of sp³-hybridized carbons (Fsp3) is 0.263. The second-order valence-electron chi connectivity index (χ2n) is 6.24. The van der Waals surface area contributed by atoms with Crippen molar-refractivity contribution < 1.29 is 4.39 Å². The van der Waals surface area contributed by atoms with Gasteiger partial charge in [-0.15, -0.1) is 0 Å². The predicted molar refractivity (Wildman–Crippen MR) is 102 cm³/mol. The quantitative estimate of drug-likeness (QED) is 0.641. The number of rotatable bonds is 6. The van der Waals surface area contributed by atoms with Crippen molar-refractivity contribution in [3.63, 3.8) is 0 Å². The van der Waals surface area contributed by atoms with Crippen LogP contribution in [0.15, 0.2) is 49.1 Å². The van der Waals surface area contributed by atoms with Crippen LogP contribution in [0.4, 0.5) is 10.1 Å². The van der Waals surface area contributed by atoms with Crippen LogP contribution in [0.25, 0.3) is 11.6 Å². The summed E-state index contributed by atoms with van der Waals surface area (Å²) in [6, 6.07) is 7.00. The Bertz CT molecular complexity index is 856. The molecule has 3 aromatic rings. The van der Waals surface area contributed by atoms with Crippen molar-refractivity contribution in [2.45, 2.75) is 19.1 Å². The van der Waals surface area contributed by atoms with E-state index in [0.29, 0.717) is 17.3 Å². The lowest BCUT2D eigenvalue weighted by atomic mass is 9.61. The average Bonchev–Trinajstić information content (AvgIpc) is 2.67. The second-order valence-corrected chi connectivity index (χ2v) is 6.24. The molecule has 0 saturated heterocycles. The number of nitrogens with zero attached hydrogens (tertiary/aromatic N) is 5. The van der Waals surface area contributed by atoms with Gasteiger partial charge in [0.05, 0.1) is 5.69 Å². The first kappa shape index (κ1) is 18.0. The molecule has 0 bridgehead atoms. The van der Waals surface area contributed by atoms with Gasteiger partial charge in [0.15, 0.2) is 11.6 Å². The molecule has 0 spiro atoms. The van der Waals surface area contributed by atoms with Gasteiger partial charge in [-0.25, -0.2) is 24.3 Å². The van der Waals surface area contributed by atoms with E-state index in [0.717, 1.165) is 17.5 Å². The predicted octanol–water partition coefficient (Wildman–Crippen LogP) is 3.17. The molecule has 1 atom stereocenters. The maximum Gasteiger partial charge on any atom is 0.197 e. The molecular formula is C19H20BFN5. The third kappa shape index (κ3) is 4.04. The van der Waals surface area contributed by atoms with Crippen LogP contribution in [-0.2, 0) is 6.42 Å². The normalized spacial score (nSPS) is 11.8. The highest BCUT2D eigenvalue weighted by molar-refractivity contribution is 6.36. The summed E-state index contributed by atoms with van der Waals surface area (Å²) in [7, 11) is 5.79. The van der Waals surface area contributed by atoms with Gasteiger partial charge in [0, 0.05) is 38.9 Å². The molecule has 7 heteroatoms. The summed E-state index contributed by atoms with van der Waals surface area (Å²) >= 11 is 0. The summed E-state index contributed by atoms with van der Waals surface area (Å²) in [4.78, 5) is 18.8. The van der Waals surface area contributed by atoms with E-state index >= 15 is 0 Å². The number of hydrogen-bond donors (Lipinski definition) is 0. The second kappa shape index (κ2) is 8.04. The third-order valence-electron chi connectivity index (χ3n) is 4.21. The van der Waals surface area contributed by atoms with Crippen molar-refractivity contribution in [2.24, 2.45) is 0 Å². The lowest BCUT2D eigenvalue weighted by molar-refractivity contribution is 0.625. The summed E-state index contributed by atoms with van der Waals surface area (Å²) in [5.41, 5.74) is 2.65. The van der Waals surface area contributed by atoms with E-state index in [4.69, 9.17) is 0 Å². The van der Waals surface area contributed by atoms with Crippen LogP contribution in [-0.4, -0.2) is 41.3 Å². The van der Waals surface area contributed by atoms with E-state index in [1.165, 1.54) is 6.07 Å². The maximum atomic E-state index is 13.9. The van der Waals surface area contributed by atoms with Crippen molar-refractivity contribution >= 4 is 13.0 Å². The number of benzene rings is 1. The Kier molecular flexibility index (Phi) is 5.56. The number of halogens is 1. The van der Waals surface area contributed by atoms with Crippen molar-refractivity contribution in [3.05, 3.63) is 66.0 Å². The zero-order valence-electron chi connectivity index (χ0n) is 15.1. The molecule has 0 N–H and O–H groups in total. The lowest BCUT2D eigenvalue weighted by Gasteiger charge is -2.19. The minimum absolute atomic E-state index is 0.150. The molecule has 1 radical (unpaired) electrons. The fourth-order valence-corrected chi connectivity index (χ4v) is 2.78. The van der Waals surface area contributed by atoms with Crippen LogP contribution in [0.2, 0.25) is 6.82 Å². The number of aromatic nitrogens is 4. The van der Waals surface area contributed by atoms with Crippen LogP contribution in [0.3, 0.4) is 0 Å². The van der Waals surface area contributed by atoms with Gasteiger partial charge in [0.2, 0.25) is 0 Å². The molecule has 131 valence electrons. The van der Waals surface area contributed by atoms with Gasteiger partial charge in [0.25, 0.3) is 0 Å². The van der Waals surface area contributed by atoms with Crippen molar-refractivity contribution in [1.82, 2.24) is 19.9 Å². The number of hydrogen-bond acceptors (Lipinski definition) is 5. The molecule has 0 saturated carbocycles. The van der Waals surface area contributed by atoms with Crippen LogP contribution in [0.5, 0.6) is 0 Å². The highest BCUT2D eigenvalue weighted by atomic mass is 19.1. The molecule has 0 aliphatic heterocycles. The van der Waals surface area contributed by atoms with Gasteiger partial charge in [-0.1, -0.05) is 18.5 Å². The van der Waals surface area contributed by atoms with Gasteiger partial charge >= 0.3 is 0 Å². The molecule has 5 nitrogen and oxygen atoms in total. The first-order chi connectivity index (χ1) is 12.6. The standard InChI is InChI=1S/C19H20BFN5/c1-20-15(14-5-6-16(21)17(10-14)26(2)3)9-13-11-24-19(25-12-13)18-22-7-4-8-23-18/h4-8,10-12,15H,9H2,1-3H3. The minimum atomic E-state index is -0.218. The molecule has 2 aromatic heterocycles. The first-order valence-corrected chi connectivity index (χ1v) is 8.43. The van der Waals surface area contributed by atoms with Crippen molar-refractivity contribution in [2.75, 3.05) is 19.0 Å². The zero-order valence-corrected chi connectivity index (χ0v) is 15.1. The minimum Gasteiger partial charge on any atom is -0.375 e. The molecule has 1 aromatic carbocycles. The molecule has 0 aliphatic carbocycles. The number of anilines is 1. The Morgan fingerprint density at radius 3 is 2.31 bits per heavy atom. The molecule has 0 fully saturated rings. The molecule has 0 aliphatic rings. The average molecular weight is 348 g/mol. The largest absolute Gasteiger partial charge is 0.375 e. The summed E-state index contributed by atoms with van der Waals surface area (Å²) in [5, 5.41) is 0. The highest BCUT2D eigenvalue weighted by Crippen LogP contribution is 2.26. The molecule has 3 rings (SSSR count). The van der Waals surface area contributed by atoms with E-state index in [-0.39, 0.29) is 11.6 Å². The molecule has 26 heavy (non-hydrogen) atoms. The Labute approximate surface area is 153 Å². The molecule has 2 heterocycles. The van der Waals surface area contributed by atoms with Gasteiger partial charge < -0.3 is 4.90 Å². The van der Waals surface area contributed by atoms with Gasteiger partial charge in [-0.3, -0.25) is 0 Å². The summed E-state index contributed by atoms with van der Waals surface area (Å²) in [5.74, 6) is 0.941. The van der Waals surface area contributed by atoms with Crippen molar-refractivity contribution in [1.29, 1.82) is 0 Å². The summed E-state index contributed by atoms with van der Waals surface area (Å²) < 4.78 is 13.9. The summed E-state index contributed by atoms with van der Waals surface area (Å²) in [6.07, 6.45) is 7.67. The molecular weight excluding hydrogens is 328 g/mol. The van der Waals surface area contributed by atoms with Crippen LogP contribution in [0.1, 0.15) is 16.9 Å². The van der Waals surface area contributed by atoms with E-state index in [2.05, 4.69) is 27.2 Å². The van der Waals surface area contributed by atoms with Crippen LogP contribution in [0, 0.1) is 5.82 Å². The lowest BCUT2D eigenvalue weighted by Crippen LogP contribution is -2.14. The topological polar surface area (TPSA) is 54.8 Å². The zero-order chi connectivity index (χ0) is 18.5. The smallest absolute Gasteiger partial charge is 0.197 e. The monoisotopic (exact) mass is 348 g/mol. The van der Waals surface area contributed by atoms with E-state index in [1.54, 1.807) is 35.8 Å². The Morgan fingerprint density at radius 1 is 1.04 bits per heavy atom. The molecule has 0 amide bonds. The maximum absolute atomic E-state index is 13.9. The van der Waals surface area contributed by atoms with Crippen LogP contribution < -0.4 is 4.90 Å². The van der Waals surface area contributed by atoms with E-state index in [9.17, 15) is 4.39 Å². The first-order valence-electron chi connectivity index (χ1n) is 8.43. The van der Waals surface area contributed by atoms with E-state index in [1.807, 2.05) is 33.1 Å². The third-order valence-corrected chi connectivity index (χ3v) is 4.21. The Hall–Kier alpha value is -2.83. The summed E-state index contributed by atoms with van der Waals surface area (Å²) in [6.45, 7) is 2.01. The van der Waals surface area contributed by atoms with Crippen LogP contribution >= 0.6 is 0 Å². The van der Waals surface area contributed by atoms with Gasteiger partial charge in [-0.2, -0.15) is 0 Å². The van der Waals surface area contributed by atoms with Gasteiger partial charge in [0.1, 0.15) is 13.1 Å².